The van der Waals surface area contributed by atoms with Crippen LogP contribution in [0.3, 0.4) is 0 Å². The van der Waals surface area contributed by atoms with Crippen LogP contribution in [0.15, 0.2) is 6.07 Å². The van der Waals surface area contributed by atoms with E-state index in [2.05, 4.69) is 14.7 Å². The Balaban J connectivity index is 2.93. The molecular formula is C6H9N3O2S. The molecule has 12 heavy (non-hydrogen) atoms. The molecule has 1 aromatic heterocycles. The fourth-order valence-electron chi connectivity index (χ4n) is 0.850. The maximum absolute atomic E-state index is 10.3. The molecule has 0 bridgehead atoms. The number of aryl methyl sites for hydroxylation is 2. The van der Waals surface area contributed by atoms with E-state index in [4.69, 9.17) is 4.55 Å². The van der Waals surface area contributed by atoms with Gasteiger partial charge in [0.15, 0.2) is 0 Å². The van der Waals surface area contributed by atoms with Gasteiger partial charge < -0.3 is 0 Å². The standard InChI is InChI=1S/C6H9N3O2S/c1-4-3-5(2)8-6(7-4)9-12(10)11/h3H,1-2H3,(H,10,11)(H,7,8,9). The minimum Gasteiger partial charge on any atom is -0.289 e. The molecule has 0 aliphatic rings. The van der Waals surface area contributed by atoms with Gasteiger partial charge in [0.2, 0.25) is 5.95 Å². The van der Waals surface area contributed by atoms with E-state index in [-0.39, 0.29) is 5.95 Å². The molecule has 0 saturated carbocycles. The smallest absolute Gasteiger partial charge is 0.261 e. The molecule has 0 fully saturated rings. The third kappa shape index (κ3) is 2.55. The van der Waals surface area contributed by atoms with Crippen LogP contribution in [0, 0.1) is 13.8 Å². The highest BCUT2D eigenvalue weighted by atomic mass is 32.2. The second-order valence-electron chi connectivity index (χ2n) is 2.33. The predicted molar refractivity (Wildman–Crippen MR) is 45.9 cm³/mol. The van der Waals surface area contributed by atoms with Gasteiger partial charge in [-0.05, 0) is 19.9 Å². The molecular weight excluding hydrogens is 178 g/mol. The summed E-state index contributed by atoms with van der Waals surface area (Å²) in [7, 11) is 0. The average molecular weight is 187 g/mol. The second kappa shape index (κ2) is 3.59. The Kier molecular flexibility index (Phi) is 2.72. The molecule has 5 nitrogen and oxygen atoms in total. The second-order valence-corrected chi connectivity index (χ2v) is 3.03. The summed E-state index contributed by atoms with van der Waals surface area (Å²) in [6.07, 6.45) is 0. The van der Waals surface area contributed by atoms with Crippen molar-refractivity contribution in [2.24, 2.45) is 0 Å². The molecule has 1 rings (SSSR count). The van der Waals surface area contributed by atoms with Crippen molar-refractivity contribution in [3.8, 4) is 0 Å². The van der Waals surface area contributed by atoms with E-state index in [1.165, 1.54) is 0 Å². The van der Waals surface area contributed by atoms with E-state index >= 15 is 0 Å². The number of aromatic nitrogens is 2. The van der Waals surface area contributed by atoms with Gasteiger partial charge in [0.05, 0.1) is 0 Å². The first kappa shape index (κ1) is 9.08. The predicted octanol–water partition coefficient (Wildman–Crippen LogP) is 0.642. The highest BCUT2D eigenvalue weighted by Crippen LogP contribution is 2.03. The van der Waals surface area contributed by atoms with Crippen molar-refractivity contribution >= 4 is 17.2 Å². The Morgan fingerprint density at radius 2 is 1.92 bits per heavy atom. The van der Waals surface area contributed by atoms with Gasteiger partial charge >= 0.3 is 0 Å². The van der Waals surface area contributed by atoms with Crippen LogP contribution in [0.25, 0.3) is 0 Å². The number of nitrogens with zero attached hydrogens (tertiary/aromatic N) is 2. The van der Waals surface area contributed by atoms with Gasteiger partial charge in [-0.1, -0.05) is 0 Å². The molecule has 1 atom stereocenters. The number of hydrogen-bond donors (Lipinski definition) is 2. The number of nitrogens with one attached hydrogen (secondary N) is 1. The first-order valence-corrected chi connectivity index (χ1v) is 4.38. The summed E-state index contributed by atoms with van der Waals surface area (Å²) in [6.45, 7) is 3.58. The molecule has 6 heteroatoms. The van der Waals surface area contributed by atoms with Gasteiger partial charge in [0, 0.05) is 11.4 Å². The molecule has 1 unspecified atom stereocenters. The van der Waals surface area contributed by atoms with Crippen LogP contribution in [0.1, 0.15) is 11.4 Å². The van der Waals surface area contributed by atoms with Crippen LogP contribution in [0.5, 0.6) is 0 Å². The molecule has 0 spiro atoms. The molecule has 0 aliphatic heterocycles. The third-order valence-electron chi connectivity index (χ3n) is 1.16. The molecule has 0 amide bonds. The Morgan fingerprint density at radius 3 is 2.33 bits per heavy atom. The van der Waals surface area contributed by atoms with Gasteiger partial charge in [0.1, 0.15) is 0 Å². The van der Waals surface area contributed by atoms with E-state index < -0.39 is 11.3 Å². The summed E-state index contributed by atoms with van der Waals surface area (Å²) in [6, 6.07) is 1.78. The van der Waals surface area contributed by atoms with Crippen molar-refractivity contribution in [3.05, 3.63) is 17.5 Å². The maximum atomic E-state index is 10.3. The van der Waals surface area contributed by atoms with Gasteiger partial charge in [-0.15, -0.1) is 0 Å². The lowest BCUT2D eigenvalue weighted by Crippen LogP contribution is -2.07. The molecule has 0 saturated heterocycles. The quantitative estimate of drug-likeness (QED) is 0.666. The van der Waals surface area contributed by atoms with Crippen LogP contribution in [-0.4, -0.2) is 18.7 Å². The minimum atomic E-state index is -2.11. The van der Waals surface area contributed by atoms with Gasteiger partial charge in [-0.3, -0.25) is 9.27 Å². The van der Waals surface area contributed by atoms with Crippen molar-refractivity contribution < 1.29 is 8.76 Å². The van der Waals surface area contributed by atoms with Gasteiger partial charge in [-0.2, -0.15) is 0 Å². The van der Waals surface area contributed by atoms with E-state index in [9.17, 15) is 4.21 Å². The largest absolute Gasteiger partial charge is 0.289 e. The molecule has 0 radical (unpaired) electrons. The highest BCUT2D eigenvalue weighted by molar-refractivity contribution is 7.80. The molecule has 0 aliphatic carbocycles. The average Bonchev–Trinajstić information content (AvgIpc) is 1.81. The molecule has 0 aromatic carbocycles. The summed E-state index contributed by atoms with van der Waals surface area (Å²) in [4.78, 5) is 7.80. The summed E-state index contributed by atoms with van der Waals surface area (Å²) in [5.41, 5.74) is 1.52. The number of rotatable bonds is 2. The van der Waals surface area contributed by atoms with E-state index in [1.807, 2.05) is 0 Å². The Morgan fingerprint density at radius 1 is 1.42 bits per heavy atom. The molecule has 1 heterocycles. The Hall–Kier alpha value is -1.01. The summed E-state index contributed by atoms with van der Waals surface area (Å²) < 4.78 is 21.0. The van der Waals surface area contributed by atoms with Gasteiger partial charge in [0.25, 0.3) is 11.3 Å². The SMILES string of the molecule is Cc1cc(C)nc(NS(=O)O)n1. The Labute approximate surface area is 72.7 Å². The first-order chi connectivity index (χ1) is 5.58. The van der Waals surface area contributed by atoms with E-state index in [1.54, 1.807) is 19.9 Å². The van der Waals surface area contributed by atoms with Crippen molar-refractivity contribution in [1.82, 2.24) is 9.97 Å². The van der Waals surface area contributed by atoms with Crippen LogP contribution < -0.4 is 4.72 Å². The van der Waals surface area contributed by atoms with E-state index in [0.717, 1.165) is 11.4 Å². The topological polar surface area (TPSA) is 75.1 Å². The zero-order valence-electron chi connectivity index (χ0n) is 6.74. The van der Waals surface area contributed by atoms with Crippen molar-refractivity contribution in [2.45, 2.75) is 13.8 Å². The monoisotopic (exact) mass is 187 g/mol. The van der Waals surface area contributed by atoms with Crippen LogP contribution in [0.2, 0.25) is 0 Å². The van der Waals surface area contributed by atoms with Crippen molar-refractivity contribution in [2.75, 3.05) is 4.72 Å². The normalized spacial score (nSPS) is 12.6. The van der Waals surface area contributed by atoms with Crippen LogP contribution >= 0.6 is 0 Å². The number of hydrogen-bond acceptors (Lipinski definition) is 3. The lowest BCUT2D eigenvalue weighted by molar-refractivity contribution is 0.569. The lowest BCUT2D eigenvalue weighted by atomic mass is 10.4. The zero-order valence-corrected chi connectivity index (χ0v) is 7.55. The molecule has 2 N–H and O–H groups in total. The van der Waals surface area contributed by atoms with E-state index in [0.29, 0.717) is 0 Å². The fourth-order valence-corrected chi connectivity index (χ4v) is 1.10. The Bertz CT molecular complexity index is 295. The van der Waals surface area contributed by atoms with Crippen molar-refractivity contribution in [1.29, 1.82) is 0 Å². The zero-order chi connectivity index (χ0) is 9.14. The summed E-state index contributed by atoms with van der Waals surface area (Å²) >= 11 is -2.11. The van der Waals surface area contributed by atoms with Crippen LogP contribution in [-0.2, 0) is 11.3 Å². The first-order valence-electron chi connectivity index (χ1n) is 3.28. The lowest BCUT2D eigenvalue weighted by Gasteiger charge is -2.01. The maximum Gasteiger partial charge on any atom is 0.261 e. The molecule has 66 valence electrons. The summed E-state index contributed by atoms with van der Waals surface area (Å²) in [5.74, 6) is 0.174. The fraction of sp³-hybridized carbons (Fsp3) is 0.333. The van der Waals surface area contributed by atoms with Crippen molar-refractivity contribution in [3.63, 3.8) is 0 Å². The van der Waals surface area contributed by atoms with Crippen LogP contribution in [0.4, 0.5) is 5.95 Å². The van der Waals surface area contributed by atoms with Gasteiger partial charge in [-0.25, -0.2) is 14.2 Å². The minimum absolute atomic E-state index is 0.174. The third-order valence-corrected chi connectivity index (χ3v) is 1.52. The molecule has 1 aromatic rings. The number of anilines is 1. The summed E-state index contributed by atoms with van der Waals surface area (Å²) in [5, 5.41) is 0. The highest BCUT2D eigenvalue weighted by Gasteiger charge is 2.00.